The second-order valence-electron chi connectivity index (χ2n) is 11.6. The molecule has 2 aliphatic heterocycles. The second kappa shape index (κ2) is 11.0. The van der Waals surface area contributed by atoms with Gasteiger partial charge >= 0.3 is 0 Å². The molecule has 1 atom stereocenters. The Morgan fingerprint density at radius 3 is 2.76 bits per heavy atom. The Kier molecular flexibility index (Phi) is 7.04. The predicted molar refractivity (Wildman–Crippen MR) is 156 cm³/mol. The minimum atomic E-state index is -2.94. The van der Waals surface area contributed by atoms with E-state index in [1.807, 2.05) is 35.4 Å². The van der Waals surface area contributed by atoms with E-state index in [2.05, 4.69) is 25.0 Å². The van der Waals surface area contributed by atoms with Gasteiger partial charge in [0.05, 0.1) is 41.8 Å². The maximum Gasteiger partial charge on any atom is 0.226 e. The number of nitrogens with one attached hydrogen (secondary N) is 1. The summed E-state index contributed by atoms with van der Waals surface area (Å²) in [5.41, 5.74) is 0.843. The molecule has 5 heterocycles. The first-order valence-electron chi connectivity index (χ1n) is 14.6. The van der Waals surface area contributed by atoms with E-state index < -0.39 is 9.84 Å². The van der Waals surface area contributed by atoms with Gasteiger partial charge in [-0.15, -0.1) is 0 Å². The van der Waals surface area contributed by atoms with Gasteiger partial charge in [0, 0.05) is 55.6 Å². The molecular formula is C29H34N8O4S. The van der Waals surface area contributed by atoms with Crippen molar-refractivity contribution >= 4 is 32.6 Å². The van der Waals surface area contributed by atoms with E-state index in [1.165, 1.54) is 0 Å². The van der Waals surface area contributed by atoms with Crippen LogP contribution in [0.1, 0.15) is 37.9 Å². The maximum atomic E-state index is 13.2. The van der Waals surface area contributed by atoms with Crippen LogP contribution in [0.2, 0.25) is 0 Å². The maximum absolute atomic E-state index is 13.2. The van der Waals surface area contributed by atoms with E-state index >= 15 is 0 Å². The highest BCUT2D eigenvalue weighted by Crippen LogP contribution is 2.30. The Hall–Kier alpha value is -4.00. The Morgan fingerprint density at radius 2 is 1.93 bits per heavy atom. The summed E-state index contributed by atoms with van der Waals surface area (Å²) < 4.78 is 33.5. The van der Waals surface area contributed by atoms with E-state index in [0.717, 1.165) is 55.5 Å². The molecule has 1 saturated heterocycles. The molecule has 220 valence electrons. The Morgan fingerprint density at radius 1 is 1.05 bits per heavy atom. The summed E-state index contributed by atoms with van der Waals surface area (Å²) in [6.45, 7) is 2.49. The van der Waals surface area contributed by atoms with Gasteiger partial charge in [-0.3, -0.25) is 4.79 Å². The van der Waals surface area contributed by atoms with Gasteiger partial charge in [-0.1, -0.05) is 6.07 Å². The summed E-state index contributed by atoms with van der Waals surface area (Å²) in [6.07, 6.45) is 11.3. The number of carbonyl (C=O) groups is 1. The van der Waals surface area contributed by atoms with Crippen LogP contribution in [0, 0.1) is 11.8 Å². The van der Waals surface area contributed by atoms with Crippen molar-refractivity contribution in [3.05, 3.63) is 54.9 Å². The first-order valence-corrected chi connectivity index (χ1v) is 16.4. The number of nitrogens with zero attached hydrogens (tertiary/aromatic N) is 7. The molecule has 3 aromatic heterocycles. The van der Waals surface area contributed by atoms with Crippen LogP contribution in [0.4, 0.5) is 5.95 Å². The Balaban J connectivity index is 0.977. The molecular weight excluding hydrogens is 556 g/mol. The predicted octanol–water partition coefficient (Wildman–Crippen LogP) is 2.84. The summed E-state index contributed by atoms with van der Waals surface area (Å²) in [4.78, 5) is 28.7. The number of benzene rings is 1. The third-order valence-corrected chi connectivity index (χ3v) is 10.5. The van der Waals surface area contributed by atoms with Crippen LogP contribution in [0.5, 0.6) is 5.75 Å². The van der Waals surface area contributed by atoms with Crippen molar-refractivity contribution in [1.82, 2.24) is 34.2 Å². The highest BCUT2D eigenvalue weighted by Gasteiger charge is 2.32. The summed E-state index contributed by atoms with van der Waals surface area (Å²) >= 11 is 0. The van der Waals surface area contributed by atoms with Crippen LogP contribution < -0.4 is 10.1 Å². The molecule has 12 nitrogen and oxygen atoms in total. The number of amides is 1. The van der Waals surface area contributed by atoms with E-state index in [-0.39, 0.29) is 35.3 Å². The number of hydrogen-bond donors (Lipinski definition) is 1. The minimum Gasteiger partial charge on any atom is -0.493 e. The largest absolute Gasteiger partial charge is 0.493 e. The Bertz CT molecular complexity index is 1710. The smallest absolute Gasteiger partial charge is 0.226 e. The Labute approximate surface area is 244 Å². The molecule has 1 unspecified atom stereocenters. The molecule has 1 N–H and O–H groups in total. The average molecular weight is 591 g/mol. The highest BCUT2D eigenvalue weighted by atomic mass is 32.2. The molecule has 4 aromatic rings. The monoisotopic (exact) mass is 590 g/mol. The molecule has 42 heavy (non-hydrogen) atoms. The molecule has 1 aliphatic carbocycles. The van der Waals surface area contributed by atoms with Crippen molar-refractivity contribution in [3.63, 3.8) is 0 Å². The molecule has 1 aromatic carbocycles. The number of rotatable bonds is 7. The minimum absolute atomic E-state index is 0.0131. The van der Waals surface area contributed by atoms with Gasteiger partial charge in [-0.2, -0.15) is 10.1 Å². The quantitative estimate of drug-likeness (QED) is 0.344. The molecule has 1 amide bonds. The molecule has 1 saturated carbocycles. The second-order valence-corrected chi connectivity index (χ2v) is 13.8. The average Bonchev–Trinajstić information content (AvgIpc) is 3.74. The lowest BCUT2D eigenvalue weighted by Gasteiger charge is -2.34. The van der Waals surface area contributed by atoms with Gasteiger partial charge in [0.15, 0.2) is 15.7 Å². The van der Waals surface area contributed by atoms with Gasteiger partial charge < -0.3 is 19.5 Å². The number of hydrogen-bond acceptors (Lipinski definition) is 9. The molecule has 13 heteroatoms. The van der Waals surface area contributed by atoms with Crippen LogP contribution in [0.3, 0.4) is 0 Å². The number of sulfone groups is 1. The number of fused-ring (bicyclic) bond motifs is 2. The van der Waals surface area contributed by atoms with Crippen LogP contribution in [0.15, 0.2) is 49.1 Å². The molecule has 0 radical (unpaired) electrons. The zero-order chi connectivity index (χ0) is 28.7. The van der Waals surface area contributed by atoms with Crippen molar-refractivity contribution in [2.45, 2.75) is 51.2 Å². The lowest BCUT2D eigenvalue weighted by Crippen LogP contribution is -2.43. The van der Waals surface area contributed by atoms with E-state index in [0.29, 0.717) is 37.1 Å². The van der Waals surface area contributed by atoms with Crippen molar-refractivity contribution in [3.8, 4) is 11.6 Å². The normalized spacial score (nSPS) is 23.5. The first-order chi connectivity index (χ1) is 20.4. The zero-order valence-corrected chi connectivity index (χ0v) is 24.1. The van der Waals surface area contributed by atoms with Crippen molar-refractivity contribution < 1.29 is 17.9 Å². The number of anilines is 1. The molecule has 0 bridgehead atoms. The van der Waals surface area contributed by atoms with Crippen LogP contribution in [-0.2, 0) is 27.7 Å². The molecule has 0 spiro atoms. The third-order valence-electron chi connectivity index (χ3n) is 8.70. The van der Waals surface area contributed by atoms with Gasteiger partial charge in [-0.25, -0.2) is 23.1 Å². The standard InChI is InChI=1S/C29H34N8O4S/c38-28(36-14-13-35-12-11-30-27(35)17-36)21-4-6-22(7-5-21)33-29-31-10-8-26(34-29)37-24-2-1-3-25(23(24)16-32-37)41-18-20-9-15-42(39,40)19-20/h1-3,8,10-12,16,20-22H,4-7,9,13-15,17-19H2,(H,31,33,34). The number of imidazole rings is 1. The lowest BCUT2D eigenvalue weighted by molar-refractivity contribution is -0.138. The molecule has 3 aliphatic rings. The lowest BCUT2D eigenvalue weighted by atomic mass is 9.85. The van der Waals surface area contributed by atoms with Crippen molar-refractivity contribution in [1.29, 1.82) is 0 Å². The van der Waals surface area contributed by atoms with Crippen molar-refractivity contribution in [2.75, 3.05) is 30.0 Å². The van der Waals surface area contributed by atoms with Crippen molar-refractivity contribution in [2.24, 2.45) is 11.8 Å². The number of ether oxygens (including phenoxy) is 1. The van der Waals surface area contributed by atoms with E-state index in [1.54, 1.807) is 23.3 Å². The highest BCUT2D eigenvalue weighted by molar-refractivity contribution is 7.91. The van der Waals surface area contributed by atoms with Gasteiger partial charge in [0.1, 0.15) is 11.6 Å². The zero-order valence-electron chi connectivity index (χ0n) is 23.3. The van der Waals surface area contributed by atoms with Crippen LogP contribution in [-0.4, -0.2) is 79.2 Å². The first kappa shape index (κ1) is 26.9. The van der Waals surface area contributed by atoms with Crippen LogP contribution >= 0.6 is 0 Å². The molecule has 2 fully saturated rings. The van der Waals surface area contributed by atoms with Gasteiger partial charge in [0.25, 0.3) is 0 Å². The fourth-order valence-corrected chi connectivity index (χ4v) is 8.21. The fraction of sp³-hybridized carbons (Fsp3) is 0.483. The summed E-state index contributed by atoms with van der Waals surface area (Å²) in [6, 6.07) is 7.75. The summed E-state index contributed by atoms with van der Waals surface area (Å²) in [5, 5.41) is 8.89. The SMILES string of the molecule is O=C(C1CCC(Nc2nccc(-n3ncc4c(OCC5CCS(=O)(=O)C5)cccc43)n2)CC1)N1CCn2ccnc2C1. The topological polar surface area (TPSA) is 137 Å². The number of aromatic nitrogens is 6. The van der Waals surface area contributed by atoms with Gasteiger partial charge in [-0.05, 0) is 44.2 Å². The third kappa shape index (κ3) is 5.44. The summed E-state index contributed by atoms with van der Waals surface area (Å²) in [5.74, 6) is 3.51. The van der Waals surface area contributed by atoms with E-state index in [9.17, 15) is 13.2 Å². The summed E-state index contributed by atoms with van der Waals surface area (Å²) in [7, 11) is -2.94. The van der Waals surface area contributed by atoms with Crippen LogP contribution in [0.25, 0.3) is 16.7 Å². The molecule has 7 rings (SSSR count). The fourth-order valence-electron chi connectivity index (χ4n) is 6.37. The van der Waals surface area contributed by atoms with Gasteiger partial charge in [0.2, 0.25) is 11.9 Å². The van der Waals surface area contributed by atoms with E-state index in [4.69, 9.17) is 9.72 Å². The number of carbonyl (C=O) groups excluding carboxylic acids is 1.